The fourth-order valence-corrected chi connectivity index (χ4v) is 4.13. The maximum Gasteiger partial charge on any atom is 0.323 e. The number of hydrogen-bond donors (Lipinski definition) is 3. The molecule has 0 atom stereocenters. The number of rotatable bonds is 5. The predicted molar refractivity (Wildman–Crippen MR) is 102 cm³/mol. The molecule has 0 amide bonds. The maximum absolute atomic E-state index is 12.5. The van der Waals surface area contributed by atoms with Gasteiger partial charge in [0.15, 0.2) is 0 Å². The summed E-state index contributed by atoms with van der Waals surface area (Å²) in [5, 5.41) is 0. The topological polar surface area (TPSA) is 107 Å². The molecule has 0 saturated carbocycles. The van der Waals surface area contributed by atoms with Crippen LogP contribution in [0.2, 0.25) is 0 Å². The van der Waals surface area contributed by atoms with Gasteiger partial charge in [0.05, 0.1) is 29.1 Å². The predicted octanol–water partition coefficient (Wildman–Crippen LogP) is 1.17. The molecule has 3 N–H and O–H groups in total. The lowest BCUT2D eigenvalue weighted by molar-refractivity contribution is 0.122. The molecule has 1 aliphatic rings. The van der Waals surface area contributed by atoms with Gasteiger partial charge in [0, 0.05) is 25.3 Å². The number of aromatic amines is 2. The minimum absolute atomic E-state index is 0.107. The van der Waals surface area contributed by atoms with E-state index in [1.807, 2.05) is 24.3 Å². The molecule has 0 aliphatic carbocycles. The molecule has 0 spiro atoms. The van der Waals surface area contributed by atoms with Crippen LogP contribution in [-0.4, -0.2) is 44.7 Å². The molecular weight excluding hydrogens is 368 g/mol. The van der Waals surface area contributed by atoms with Gasteiger partial charge in [0.2, 0.25) is 10.0 Å². The second-order valence-corrected chi connectivity index (χ2v) is 8.14. The Kier molecular flexibility index (Phi) is 4.73. The van der Waals surface area contributed by atoms with Gasteiger partial charge in [0.1, 0.15) is 0 Å². The van der Waals surface area contributed by atoms with Gasteiger partial charge in [-0.25, -0.2) is 17.9 Å². The number of anilines is 1. The number of hydrogen-bond acceptors (Lipinski definition) is 5. The number of fused-ring (bicyclic) bond motifs is 1. The van der Waals surface area contributed by atoms with Crippen LogP contribution in [0, 0.1) is 0 Å². The van der Waals surface area contributed by atoms with Crippen molar-refractivity contribution in [3.8, 4) is 0 Å². The SMILES string of the molecule is O=c1[nH]c2ccc(S(=O)(=O)NCc3ccc(N4CCOCC4)cc3)cc2[nH]1. The average molecular weight is 388 g/mol. The van der Waals surface area contributed by atoms with E-state index >= 15 is 0 Å². The fraction of sp³-hybridized carbons (Fsp3) is 0.278. The Morgan fingerprint density at radius 1 is 1.00 bits per heavy atom. The summed E-state index contributed by atoms with van der Waals surface area (Å²) >= 11 is 0. The van der Waals surface area contributed by atoms with Crippen LogP contribution in [0.4, 0.5) is 5.69 Å². The summed E-state index contributed by atoms with van der Waals surface area (Å²) in [6.07, 6.45) is 0. The normalized spacial score (nSPS) is 15.3. The van der Waals surface area contributed by atoms with Crippen molar-refractivity contribution in [3.05, 3.63) is 58.5 Å². The van der Waals surface area contributed by atoms with Crippen LogP contribution in [0.5, 0.6) is 0 Å². The van der Waals surface area contributed by atoms with Crippen molar-refractivity contribution in [2.45, 2.75) is 11.4 Å². The van der Waals surface area contributed by atoms with Gasteiger partial charge in [-0.1, -0.05) is 12.1 Å². The molecule has 0 unspecified atom stereocenters. The monoisotopic (exact) mass is 388 g/mol. The van der Waals surface area contributed by atoms with Crippen molar-refractivity contribution in [2.75, 3.05) is 31.2 Å². The van der Waals surface area contributed by atoms with Gasteiger partial charge >= 0.3 is 5.69 Å². The van der Waals surface area contributed by atoms with E-state index < -0.39 is 10.0 Å². The molecule has 2 heterocycles. The smallest absolute Gasteiger partial charge is 0.323 e. The summed E-state index contributed by atoms with van der Waals surface area (Å²) in [5.74, 6) is 0. The van der Waals surface area contributed by atoms with Crippen LogP contribution in [0.1, 0.15) is 5.56 Å². The molecule has 0 bridgehead atoms. The molecule has 4 rings (SSSR count). The third-order valence-corrected chi connectivity index (χ3v) is 5.98. The van der Waals surface area contributed by atoms with Crippen LogP contribution in [0.15, 0.2) is 52.2 Å². The first-order valence-electron chi connectivity index (χ1n) is 8.65. The number of imidazole rings is 1. The highest BCUT2D eigenvalue weighted by Crippen LogP contribution is 2.18. The molecule has 9 heteroatoms. The Hall–Kier alpha value is -2.62. The van der Waals surface area contributed by atoms with E-state index in [0.717, 1.165) is 37.6 Å². The van der Waals surface area contributed by atoms with Crippen molar-refractivity contribution >= 4 is 26.7 Å². The third-order valence-electron chi connectivity index (χ3n) is 4.58. The molecule has 0 radical (unpaired) electrons. The maximum atomic E-state index is 12.5. The van der Waals surface area contributed by atoms with E-state index in [1.165, 1.54) is 12.1 Å². The molecule has 1 aromatic heterocycles. The van der Waals surface area contributed by atoms with Gasteiger partial charge in [-0.2, -0.15) is 0 Å². The van der Waals surface area contributed by atoms with Crippen LogP contribution in [0.25, 0.3) is 11.0 Å². The zero-order valence-electron chi connectivity index (χ0n) is 14.6. The Labute approximate surface area is 156 Å². The molecule has 8 nitrogen and oxygen atoms in total. The zero-order chi connectivity index (χ0) is 18.9. The number of aromatic nitrogens is 2. The lowest BCUT2D eigenvalue weighted by Gasteiger charge is -2.28. The zero-order valence-corrected chi connectivity index (χ0v) is 15.4. The molecule has 2 aromatic carbocycles. The fourth-order valence-electron chi connectivity index (χ4n) is 3.09. The van der Waals surface area contributed by atoms with E-state index in [-0.39, 0.29) is 17.1 Å². The van der Waals surface area contributed by atoms with E-state index in [1.54, 1.807) is 6.07 Å². The number of nitrogens with one attached hydrogen (secondary N) is 3. The van der Waals surface area contributed by atoms with Crippen LogP contribution < -0.4 is 15.3 Å². The molecule has 1 fully saturated rings. The summed E-state index contributed by atoms with van der Waals surface area (Å²) in [6, 6.07) is 12.3. The van der Waals surface area contributed by atoms with Crippen molar-refractivity contribution in [2.24, 2.45) is 0 Å². The average Bonchev–Trinajstić information content (AvgIpc) is 3.07. The lowest BCUT2D eigenvalue weighted by atomic mass is 10.2. The van der Waals surface area contributed by atoms with E-state index in [4.69, 9.17) is 4.74 Å². The number of sulfonamides is 1. The number of morpholine rings is 1. The largest absolute Gasteiger partial charge is 0.378 e. The quantitative estimate of drug-likeness (QED) is 0.608. The van der Waals surface area contributed by atoms with Crippen LogP contribution >= 0.6 is 0 Å². The van der Waals surface area contributed by atoms with E-state index in [0.29, 0.717) is 11.0 Å². The molecule has 1 saturated heterocycles. The summed E-state index contributed by atoms with van der Waals surface area (Å²) in [4.78, 5) is 18.8. The van der Waals surface area contributed by atoms with Crippen molar-refractivity contribution in [1.82, 2.24) is 14.7 Å². The first-order chi connectivity index (χ1) is 13.0. The summed E-state index contributed by atoms with van der Waals surface area (Å²) < 4.78 is 33.0. The molecule has 1 aliphatic heterocycles. The van der Waals surface area contributed by atoms with Crippen molar-refractivity contribution in [3.63, 3.8) is 0 Å². The Bertz CT molecular complexity index is 1100. The highest BCUT2D eigenvalue weighted by molar-refractivity contribution is 7.89. The molecule has 3 aromatic rings. The second-order valence-electron chi connectivity index (χ2n) is 6.38. The molecule has 27 heavy (non-hydrogen) atoms. The van der Waals surface area contributed by atoms with Gasteiger partial charge in [-0.3, -0.25) is 0 Å². The van der Waals surface area contributed by atoms with E-state index in [9.17, 15) is 13.2 Å². The highest BCUT2D eigenvalue weighted by Gasteiger charge is 2.15. The van der Waals surface area contributed by atoms with Gasteiger partial charge in [0.25, 0.3) is 0 Å². The Balaban J connectivity index is 1.45. The summed E-state index contributed by atoms with van der Waals surface area (Å²) in [6.45, 7) is 3.34. The van der Waals surface area contributed by atoms with E-state index in [2.05, 4.69) is 19.6 Å². The third kappa shape index (κ3) is 3.90. The standard InChI is InChI=1S/C18H20N4O4S/c23-18-20-16-6-5-15(11-17(16)21-18)27(24,25)19-12-13-1-3-14(4-2-13)22-7-9-26-10-8-22/h1-6,11,19H,7-10,12H2,(H2,20,21,23). The molecule has 142 valence electrons. The highest BCUT2D eigenvalue weighted by atomic mass is 32.2. The molecular formula is C18H20N4O4S. The van der Waals surface area contributed by atoms with Gasteiger partial charge in [-0.05, 0) is 35.9 Å². The van der Waals surface area contributed by atoms with Gasteiger partial charge in [-0.15, -0.1) is 0 Å². The van der Waals surface area contributed by atoms with Crippen molar-refractivity contribution < 1.29 is 13.2 Å². The number of ether oxygens (including phenoxy) is 1. The van der Waals surface area contributed by atoms with Gasteiger partial charge < -0.3 is 19.6 Å². The summed E-state index contributed by atoms with van der Waals surface area (Å²) in [7, 11) is -3.68. The Morgan fingerprint density at radius 3 is 2.44 bits per heavy atom. The first-order valence-corrected chi connectivity index (χ1v) is 10.1. The van der Waals surface area contributed by atoms with Crippen LogP contribution in [0.3, 0.4) is 0 Å². The number of benzene rings is 2. The Morgan fingerprint density at radius 2 is 1.70 bits per heavy atom. The first kappa shape index (κ1) is 17.8. The van der Waals surface area contributed by atoms with Crippen molar-refractivity contribution in [1.29, 1.82) is 0 Å². The number of nitrogens with zero attached hydrogens (tertiary/aromatic N) is 1. The minimum Gasteiger partial charge on any atom is -0.378 e. The summed E-state index contributed by atoms with van der Waals surface area (Å²) in [5.41, 5.74) is 2.63. The minimum atomic E-state index is -3.68. The lowest BCUT2D eigenvalue weighted by Crippen LogP contribution is -2.36. The second kappa shape index (κ2) is 7.18. The van der Waals surface area contributed by atoms with Crippen LogP contribution in [-0.2, 0) is 21.3 Å². The number of H-pyrrole nitrogens is 2.